The predicted octanol–water partition coefficient (Wildman–Crippen LogP) is 5.19. The van der Waals surface area contributed by atoms with Crippen LogP contribution in [0, 0.1) is 0 Å². The van der Waals surface area contributed by atoms with Crippen LogP contribution in [0.3, 0.4) is 0 Å². The zero-order valence-electron chi connectivity index (χ0n) is 18.5. The van der Waals surface area contributed by atoms with Crippen LogP contribution in [-0.2, 0) is 4.79 Å². The number of ether oxygens (including phenoxy) is 1. The number of nitrogens with one attached hydrogen (secondary N) is 2. The van der Waals surface area contributed by atoms with E-state index >= 15 is 0 Å². The lowest BCUT2D eigenvalue weighted by molar-refractivity contribution is -0.114. The molecule has 0 aliphatic heterocycles. The molecule has 3 aromatic carbocycles. The Morgan fingerprint density at radius 1 is 0.906 bits per heavy atom. The molecule has 0 bridgehead atoms. The maximum absolute atomic E-state index is 12.8. The van der Waals surface area contributed by atoms with E-state index < -0.39 is 0 Å². The van der Waals surface area contributed by atoms with Gasteiger partial charge in [0.2, 0.25) is 5.91 Å². The van der Waals surface area contributed by atoms with Crippen molar-refractivity contribution in [3.05, 3.63) is 84.4 Å². The van der Waals surface area contributed by atoms with Gasteiger partial charge in [-0.05, 0) is 48.9 Å². The third kappa shape index (κ3) is 6.60. The van der Waals surface area contributed by atoms with Gasteiger partial charge in [0.25, 0.3) is 5.91 Å². The van der Waals surface area contributed by atoms with Gasteiger partial charge in [-0.25, -0.2) is 0 Å². The van der Waals surface area contributed by atoms with E-state index in [1.54, 1.807) is 36.2 Å². The van der Waals surface area contributed by atoms with Crippen molar-refractivity contribution in [1.82, 2.24) is 0 Å². The summed E-state index contributed by atoms with van der Waals surface area (Å²) in [4.78, 5) is 26.8. The topological polar surface area (TPSA) is 70.7 Å². The molecule has 0 aromatic heterocycles. The fourth-order valence-electron chi connectivity index (χ4n) is 3.11. The molecule has 6 nitrogen and oxygen atoms in total. The highest BCUT2D eigenvalue weighted by molar-refractivity contribution is 6.06. The molecule has 6 heteroatoms. The van der Waals surface area contributed by atoms with E-state index in [2.05, 4.69) is 17.6 Å². The van der Waals surface area contributed by atoms with Crippen molar-refractivity contribution in [3.8, 4) is 5.75 Å². The number of carbonyl (C=O) groups is 2. The first-order valence-electron chi connectivity index (χ1n) is 10.8. The number of hydrogen-bond acceptors (Lipinski definition) is 4. The maximum Gasteiger partial charge on any atom is 0.258 e. The highest BCUT2D eigenvalue weighted by Gasteiger charge is 2.14. The molecule has 0 saturated carbocycles. The van der Waals surface area contributed by atoms with Gasteiger partial charge >= 0.3 is 0 Å². The molecule has 0 saturated heterocycles. The number of unbranched alkanes of at least 4 members (excludes halogenated alkanes) is 1. The minimum absolute atomic E-state index is 0.0977. The van der Waals surface area contributed by atoms with E-state index in [-0.39, 0.29) is 18.4 Å². The average Bonchev–Trinajstić information content (AvgIpc) is 2.83. The molecular weight excluding hydrogens is 402 g/mol. The molecule has 0 radical (unpaired) electrons. The molecule has 0 heterocycles. The summed E-state index contributed by atoms with van der Waals surface area (Å²) in [5.41, 5.74) is 2.68. The molecule has 0 aliphatic rings. The van der Waals surface area contributed by atoms with Gasteiger partial charge < -0.3 is 20.3 Å². The van der Waals surface area contributed by atoms with Crippen molar-refractivity contribution in [1.29, 1.82) is 0 Å². The summed E-state index contributed by atoms with van der Waals surface area (Å²) < 4.78 is 5.70. The Labute approximate surface area is 189 Å². The number of anilines is 3. The predicted molar refractivity (Wildman–Crippen MR) is 130 cm³/mol. The van der Waals surface area contributed by atoms with Crippen LogP contribution in [-0.4, -0.2) is 32.0 Å². The van der Waals surface area contributed by atoms with E-state index in [0.717, 1.165) is 30.0 Å². The fraction of sp³-hybridized carbons (Fsp3) is 0.231. The number of nitrogens with zero attached hydrogens (tertiary/aromatic N) is 1. The summed E-state index contributed by atoms with van der Waals surface area (Å²) in [5, 5.41) is 5.94. The van der Waals surface area contributed by atoms with Crippen molar-refractivity contribution in [2.24, 2.45) is 0 Å². The second kappa shape index (κ2) is 11.6. The van der Waals surface area contributed by atoms with Crippen molar-refractivity contribution in [3.63, 3.8) is 0 Å². The number of carbonyl (C=O) groups excluding carboxylic acids is 2. The first-order valence-corrected chi connectivity index (χ1v) is 10.8. The maximum atomic E-state index is 12.8. The van der Waals surface area contributed by atoms with Crippen LogP contribution in [0.25, 0.3) is 0 Å². The van der Waals surface area contributed by atoms with Crippen LogP contribution in [0.4, 0.5) is 17.1 Å². The SMILES string of the molecule is CCCCOc1cccc(NCC(=O)Nc2cccc(C(=O)N(C)c3ccccc3)c2)c1. The van der Waals surface area contributed by atoms with E-state index in [0.29, 0.717) is 17.9 Å². The van der Waals surface area contributed by atoms with Gasteiger partial charge in [0.1, 0.15) is 5.75 Å². The molecule has 2 N–H and O–H groups in total. The van der Waals surface area contributed by atoms with Gasteiger partial charge in [-0.15, -0.1) is 0 Å². The molecule has 3 rings (SSSR count). The lowest BCUT2D eigenvalue weighted by atomic mass is 10.1. The molecule has 3 aromatic rings. The van der Waals surface area contributed by atoms with Crippen molar-refractivity contribution < 1.29 is 14.3 Å². The Balaban J connectivity index is 1.56. The molecule has 0 atom stereocenters. The number of amides is 2. The van der Waals surface area contributed by atoms with Crippen molar-refractivity contribution >= 4 is 28.9 Å². The Morgan fingerprint density at radius 3 is 2.44 bits per heavy atom. The van der Waals surface area contributed by atoms with Gasteiger partial charge in [0.15, 0.2) is 0 Å². The molecule has 0 spiro atoms. The quantitative estimate of drug-likeness (QED) is 0.433. The minimum atomic E-state index is -0.205. The normalized spacial score (nSPS) is 10.3. The van der Waals surface area contributed by atoms with Crippen LogP contribution in [0.2, 0.25) is 0 Å². The third-order valence-electron chi connectivity index (χ3n) is 4.90. The van der Waals surface area contributed by atoms with E-state index in [1.807, 2.05) is 54.6 Å². The van der Waals surface area contributed by atoms with Crippen LogP contribution < -0.4 is 20.3 Å². The summed E-state index contributed by atoms with van der Waals surface area (Å²) in [5.74, 6) is 0.422. The van der Waals surface area contributed by atoms with Crippen molar-refractivity contribution in [2.45, 2.75) is 19.8 Å². The van der Waals surface area contributed by atoms with Crippen LogP contribution in [0.1, 0.15) is 30.1 Å². The lowest BCUT2D eigenvalue weighted by Gasteiger charge is -2.17. The van der Waals surface area contributed by atoms with Gasteiger partial charge in [-0.1, -0.05) is 43.7 Å². The number of hydrogen-bond donors (Lipinski definition) is 2. The molecule has 0 unspecified atom stereocenters. The van der Waals surface area contributed by atoms with E-state index in [4.69, 9.17) is 4.74 Å². The summed E-state index contributed by atoms with van der Waals surface area (Å²) >= 11 is 0. The molecule has 166 valence electrons. The van der Waals surface area contributed by atoms with Crippen LogP contribution in [0.15, 0.2) is 78.9 Å². The Bertz CT molecular complexity index is 1040. The molecule has 0 fully saturated rings. The first kappa shape index (κ1) is 22.9. The second-order valence-electron chi connectivity index (χ2n) is 7.41. The first-order chi connectivity index (χ1) is 15.6. The highest BCUT2D eigenvalue weighted by Crippen LogP contribution is 2.19. The number of benzene rings is 3. The highest BCUT2D eigenvalue weighted by atomic mass is 16.5. The zero-order valence-corrected chi connectivity index (χ0v) is 18.5. The number of rotatable bonds is 10. The van der Waals surface area contributed by atoms with E-state index in [1.165, 1.54) is 0 Å². The zero-order chi connectivity index (χ0) is 22.8. The largest absolute Gasteiger partial charge is 0.494 e. The van der Waals surface area contributed by atoms with Gasteiger partial charge in [-0.2, -0.15) is 0 Å². The van der Waals surface area contributed by atoms with Gasteiger partial charge in [0.05, 0.1) is 13.2 Å². The molecule has 0 aliphatic carbocycles. The monoisotopic (exact) mass is 431 g/mol. The Kier molecular flexibility index (Phi) is 8.26. The average molecular weight is 432 g/mol. The fourth-order valence-corrected chi connectivity index (χ4v) is 3.11. The van der Waals surface area contributed by atoms with Gasteiger partial charge in [-0.3, -0.25) is 9.59 Å². The Hall–Kier alpha value is -3.80. The molecular formula is C26H29N3O3. The molecule has 32 heavy (non-hydrogen) atoms. The third-order valence-corrected chi connectivity index (χ3v) is 4.90. The second-order valence-corrected chi connectivity index (χ2v) is 7.41. The molecule has 2 amide bonds. The summed E-state index contributed by atoms with van der Waals surface area (Å²) in [6.45, 7) is 2.89. The number of para-hydroxylation sites is 1. The lowest BCUT2D eigenvalue weighted by Crippen LogP contribution is -2.26. The standard InChI is InChI=1S/C26H29N3O3/c1-3-4-16-32-24-15-9-11-21(18-24)27-19-25(30)28-22-12-8-10-20(17-22)26(31)29(2)23-13-6-5-7-14-23/h5-15,17-18,27H,3-4,16,19H2,1-2H3,(H,28,30). The van der Waals surface area contributed by atoms with Gasteiger partial charge in [0, 0.05) is 35.7 Å². The Morgan fingerprint density at radius 2 is 1.66 bits per heavy atom. The summed E-state index contributed by atoms with van der Waals surface area (Å²) in [6, 6.07) is 23.9. The summed E-state index contributed by atoms with van der Waals surface area (Å²) in [6.07, 6.45) is 2.08. The van der Waals surface area contributed by atoms with Crippen LogP contribution >= 0.6 is 0 Å². The van der Waals surface area contributed by atoms with E-state index in [9.17, 15) is 9.59 Å². The van der Waals surface area contributed by atoms with Crippen LogP contribution in [0.5, 0.6) is 5.75 Å². The smallest absolute Gasteiger partial charge is 0.258 e. The van der Waals surface area contributed by atoms with Crippen molar-refractivity contribution in [2.75, 3.05) is 35.7 Å². The summed E-state index contributed by atoms with van der Waals surface area (Å²) in [7, 11) is 1.73. The minimum Gasteiger partial charge on any atom is -0.494 e.